The van der Waals surface area contributed by atoms with Crippen LogP contribution in [-0.4, -0.2) is 55.6 Å². The highest BCUT2D eigenvalue weighted by Crippen LogP contribution is 2.36. The zero-order valence-corrected chi connectivity index (χ0v) is 28.3. The van der Waals surface area contributed by atoms with Crippen LogP contribution in [0, 0.1) is 5.41 Å². The molecule has 6 N–H and O–H groups in total. The Kier molecular flexibility index (Phi) is 15.1. The minimum atomic E-state index is -0.795. The van der Waals surface area contributed by atoms with Gasteiger partial charge < -0.3 is 31.0 Å². The molecule has 2 aromatic carbocycles. The van der Waals surface area contributed by atoms with Gasteiger partial charge in [-0.3, -0.25) is 14.4 Å². The molecule has 1 heterocycles. The van der Waals surface area contributed by atoms with Gasteiger partial charge in [-0.1, -0.05) is 84.0 Å². The van der Waals surface area contributed by atoms with Crippen molar-refractivity contribution in [2.75, 3.05) is 32.1 Å². The number of anilines is 1. The van der Waals surface area contributed by atoms with Crippen LogP contribution in [-0.2, 0) is 25.7 Å². The zero-order valence-electron chi connectivity index (χ0n) is 28.3. The van der Waals surface area contributed by atoms with Crippen molar-refractivity contribution in [2.24, 2.45) is 17.0 Å². The Labute approximate surface area is 264 Å². The van der Waals surface area contributed by atoms with E-state index < -0.39 is 11.0 Å². The number of nitrogens with zero attached hydrogens (tertiary/aromatic N) is 2. The molecule has 10 nitrogen and oxygen atoms in total. The van der Waals surface area contributed by atoms with Crippen LogP contribution in [0.25, 0.3) is 11.4 Å². The number of carbonyl (C=O) groups excluding carboxylic acids is 3. The number of benzene rings is 2. The summed E-state index contributed by atoms with van der Waals surface area (Å²) in [4.78, 5) is 40.2. The molecule has 0 radical (unpaired) electrons. The summed E-state index contributed by atoms with van der Waals surface area (Å²) >= 11 is 0. The van der Waals surface area contributed by atoms with E-state index in [0.717, 1.165) is 16.7 Å². The summed E-state index contributed by atoms with van der Waals surface area (Å²) in [5.41, 5.74) is 9.31. The largest absolute Gasteiger partial charge is 0.396 e. The Morgan fingerprint density at radius 3 is 2.11 bits per heavy atom. The van der Waals surface area contributed by atoms with E-state index in [9.17, 15) is 14.4 Å². The second-order valence-corrected chi connectivity index (χ2v) is 11.3. The first-order valence-electron chi connectivity index (χ1n) is 15.4. The number of ether oxygens (including phenoxy) is 1. The number of hydrogen-bond acceptors (Lipinski definition) is 7. The highest BCUT2D eigenvalue weighted by atomic mass is 16.5. The number of nitrogens with one attached hydrogen (secondary N) is 2. The van der Waals surface area contributed by atoms with E-state index in [1.54, 1.807) is 32.8 Å². The van der Waals surface area contributed by atoms with Crippen LogP contribution in [0.4, 0.5) is 5.69 Å². The molecule has 3 amide bonds. The van der Waals surface area contributed by atoms with E-state index in [1.807, 2.05) is 90.1 Å². The average molecular weight is 611 g/mol. The van der Waals surface area contributed by atoms with E-state index in [-0.39, 0.29) is 43.8 Å². The molecule has 0 spiro atoms. The Bertz CT molecular complexity index is 1290. The third-order valence-electron chi connectivity index (χ3n) is 7.09. The third kappa shape index (κ3) is 10.1. The van der Waals surface area contributed by atoms with Crippen molar-refractivity contribution in [3.8, 4) is 0 Å². The summed E-state index contributed by atoms with van der Waals surface area (Å²) in [7, 11) is 3.29. The van der Waals surface area contributed by atoms with Gasteiger partial charge in [-0.2, -0.15) is 0 Å². The SMILES string of the molecule is CC.CC.CNC(=O)CC(C)(C)OCCC(C)(C)C(=O)NCC(=O)N1Cc2ccccc2/C(N)=C(/N(C)N)c2ccccc21. The van der Waals surface area contributed by atoms with Crippen molar-refractivity contribution in [3.63, 3.8) is 0 Å². The zero-order chi connectivity index (χ0) is 33.7. The molecule has 44 heavy (non-hydrogen) atoms. The maximum atomic E-state index is 13.7. The van der Waals surface area contributed by atoms with Crippen LogP contribution in [0.3, 0.4) is 0 Å². The Morgan fingerprint density at radius 2 is 1.52 bits per heavy atom. The molecule has 0 bridgehead atoms. The van der Waals surface area contributed by atoms with Crippen LogP contribution in [0.2, 0.25) is 0 Å². The molecule has 2 aromatic rings. The molecular formula is C34H54N6O4. The standard InChI is InChI=1S/C30H42N6O4.2C2H6/c1-29(2,15-16-40-30(3,4)17-24(37)33-5)28(39)34-18-25(38)36-19-20-11-7-8-12-21(20)26(31)27(35(6)32)22-13-9-10-14-23(22)36;2*1-2/h7-14H,15-19,31-32H2,1-6H3,(H,33,37)(H,34,39);2*1-2H3/b27-26-;;. The summed E-state index contributed by atoms with van der Waals surface area (Å²) < 4.78 is 5.90. The molecule has 0 atom stereocenters. The van der Waals surface area contributed by atoms with Gasteiger partial charge in [0.15, 0.2) is 0 Å². The Balaban J connectivity index is 0.00000232. The van der Waals surface area contributed by atoms with Gasteiger partial charge in [0.25, 0.3) is 0 Å². The summed E-state index contributed by atoms with van der Waals surface area (Å²) in [6.45, 7) is 15.7. The van der Waals surface area contributed by atoms with Gasteiger partial charge in [0, 0.05) is 37.2 Å². The fourth-order valence-corrected chi connectivity index (χ4v) is 4.67. The van der Waals surface area contributed by atoms with Gasteiger partial charge in [0.05, 0.1) is 42.2 Å². The highest BCUT2D eigenvalue weighted by molar-refractivity contribution is 6.02. The molecule has 3 rings (SSSR count). The summed E-state index contributed by atoms with van der Waals surface area (Å²) in [5, 5.41) is 6.87. The normalized spacial score (nSPS) is 14.2. The van der Waals surface area contributed by atoms with E-state index >= 15 is 0 Å². The van der Waals surface area contributed by atoms with Gasteiger partial charge in [-0.25, -0.2) is 5.84 Å². The quantitative estimate of drug-likeness (QED) is 0.227. The molecule has 0 unspecified atom stereocenters. The monoisotopic (exact) mass is 610 g/mol. The summed E-state index contributed by atoms with van der Waals surface area (Å²) in [6, 6.07) is 15.1. The van der Waals surface area contributed by atoms with Crippen LogP contribution < -0.4 is 27.1 Å². The average Bonchev–Trinajstić information content (AvgIpc) is 2.99. The lowest BCUT2D eigenvalue weighted by Crippen LogP contribution is -2.45. The van der Waals surface area contributed by atoms with Crippen LogP contribution in [0.15, 0.2) is 48.5 Å². The third-order valence-corrected chi connectivity index (χ3v) is 7.09. The predicted molar refractivity (Wildman–Crippen MR) is 180 cm³/mol. The van der Waals surface area contributed by atoms with Crippen LogP contribution in [0.1, 0.15) is 84.9 Å². The molecular weight excluding hydrogens is 556 g/mol. The second-order valence-electron chi connectivity index (χ2n) is 11.3. The predicted octanol–water partition coefficient (Wildman–Crippen LogP) is 4.64. The van der Waals surface area contributed by atoms with E-state index in [4.69, 9.17) is 16.3 Å². The second kappa shape index (κ2) is 17.4. The number of nitrogens with two attached hydrogens (primary N) is 2. The van der Waals surface area contributed by atoms with Gasteiger partial charge in [0.1, 0.15) is 0 Å². The summed E-state index contributed by atoms with van der Waals surface area (Å²) in [5.74, 6) is 5.57. The fourth-order valence-electron chi connectivity index (χ4n) is 4.67. The highest BCUT2D eigenvalue weighted by Gasteiger charge is 2.31. The Morgan fingerprint density at radius 1 is 0.955 bits per heavy atom. The smallest absolute Gasteiger partial charge is 0.246 e. The lowest BCUT2D eigenvalue weighted by Gasteiger charge is -2.32. The van der Waals surface area contributed by atoms with Gasteiger partial charge in [-0.05, 0) is 31.9 Å². The van der Waals surface area contributed by atoms with Crippen molar-refractivity contribution < 1.29 is 19.1 Å². The first-order valence-corrected chi connectivity index (χ1v) is 15.4. The lowest BCUT2D eigenvalue weighted by atomic mass is 9.88. The first kappa shape index (κ1) is 38.1. The molecule has 244 valence electrons. The lowest BCUT2D eigenvalue weighted by molar-refractivity contribution is -0.134. The maximum absolute atomic E-state index is 13.7. The first-order chi connectivity index (χ1) is 20.8. The fraction of sp³-hybridized carbons (Fsp3) is 0.500. The van der Waals surface area contributed by atoms with Crippen LogP contribution in [0.5, 0.6) is 0 Å². The topological polar surface area (TPSA) is 143 Å². The van der Waals surface area contributed by atoms with E-state index in [0.29, 0.717) is 23.5 Å². The van der Waals surface area contributed by atoms with Crippen LogP contribution >= 0.6 is 0 Å². The van der Waals surface area contributed by atoms with Gasteiger partial charge in [-0.15, -0.1) is 0 Å². The van der Waals surface area contributed by atoms with Gasteiger partial charge >= 0.3 is 0 Å². The number of fused-ring (bicyclic) bond motifs is 2. The van der Waals surface area contributed by atoms with Crippen molar-refractivity contribution in [1.82, 2.24) is 15.6 Å². The molecule has 1 aliphatic heterocycles. The minimum absolute atomic E-state index is 0.114. The number of para-hydroxylation sites is 1. The maximum Gasteiger partial charge on any atom is 0.246 e. The molecule has 0 saturated heterocycles. The number of amides is 3. The molecule has 0 fully saturated rings. The molecule has 0 saturated carbocycles. The van der Waals surface area contributed by atoms with Crippen molar-refractivity contribution >= 4 is 34.8 Å². The molecule has 10 heteroatoms. The molecule has 1 aliphatic rings. The van der Waals surface area contributed by atoms with E-state index in [1.165, 1.54) is 5.01 Å². The molecule has 0 aromatic heterocycles. The van der Waals surface area contributed by atoms with Crippen molar-refractivity contribution in [3.05, 3.63) is 65.2 Å². The number of hydrogen-bond donors (Lipinski definition) is 4. The number of rotatable bonds is 10. The number of hydrazine groups is 1. The van der Waals surface area contributed by atoms with E-state index in [2.05, 4.69) is 10.6 Å². The van der Waals surface area contributed by atoms with Gasteiger partial charge in [0.2, 0.25) is 17.7 Å². The van der Waals surface area contributed by atoms with Crippen molar-refractivity contribution in [1.29, 1.82) is 0 Å². The van der Waals surface area contributed by atoms with Crippen molar-refractivity contribution in [2.45, 2.75) is 80.4 Å². The summed E-state index contributed by atoms with van der Waals surface area (Å²) in [6.07, 6.45) is 0.633. The molecule has 0 aliphatic carbocycles. The Hall–Kier alpha value is -3.89. The minimum Gasteiger partial charge on any atom is -0.396 e. The number of carbonyl (C=O) groups is 3.